The molecule has 22 heavy (non-hydrogen) atoms. The van der Waals surface area contributed by atoms with Crippen LogP contribution in [-0.2, 0) is 0 Å². The minimum Gasteiger partial charge on any atom is -0.336 e. The predicted octanol–water partition coefficient (Wildman–Crippen LogP) is 3.40. The fourth-order valence-electron chi connectivity index (χ4n) is 7.63. The van der Waals surface area contributed by atoms with E-state index in [-0.39, 0.29) is 11.6 Å². The van der Waals surface area contributed by atoms with Gasteiger partial charge in [0.05, 0.1) is 5.54 Å². The summed E-state index contributed by atoms with van der Waals surface area (Å²) in [5.41, 5.74) is 0.223. The van der Waals surface area contributed by atoms with Crippen molar-refractivity contribution in [2.75, 3.05) is 6.54 Å². The number of hydrogen-bond donors (Lipinski definition) is 1. The summed E-state index contributed by atoms with van der Waals surface area (Å²) in [5.74, 6) is 5.59. The highest BCUT2D eigenvalue weighted by molar-refractivity contribution is 5.79. The van der Waals surface area contributed by atoms with E-state index >= 15 is 0 Å². The van der Waals surface area contributed by atoms with E-state index in [4.69, 9.17) is 0 Å². The maximum absolute atomic E-state index is 12.7. The van der Waals surface area contributed by atoms with E-state index in [0.29, 0.717) is 6.04 Å². The van der Waals surface area contributed by atoms with Gasteiger partial charge in [0, 0.05) is 12.6 Å². The van der Waals surface area contributed by atoms with Gasteiger partial charge in [0.2, 0.25) is 0 Å². The molecule has 6 aliphatic carbocycles. The van der Waals surface area contributed by atoms with Crippen molar-refractivity contribution in [3.05, 3.63) is 0 Å². The third-order valence-corrected chi connectivity index (χ3v) is 8.19. The molecule has 0 aromatic rings. The van der Waals surface area contributed by atoms with Crippen molar-refractivity contribution in [3.8, 4) is 0 Å². The second kappa shape index (κ2) is 4.02. The summed E-state index contributed by atoms with van der Waals surface area (Å²) in [6.07, 6.45) is 12.7. The fraction of sp³-hybridized carbons (Fsp3) is 0.947. The average Bonchev–Trinajstić information content (AvgIpc) is 3.38. The highest BCUT2D eigenvalue weighted by Crippen LogP contribution is 2.64. The Morgan fingerprint density at radius 2 is 1.55 bits per heavy atom. The Hall–Kier alpha value is -0.730. The van der Waals surface area contributed by atoms with Gasteiger partial charge in [-0.2, -0.15) is 0 Å². The molecule has 1 unspecified atom stereocenters. The molecule has 0 radical (unpaired) electrons. The molecular weight excluding hydrogens is 272 g/mol. The van der Waals surface area contributed by atoms with Crippen LogP contribution in [-0.4, -0.2) is 29.1 Å². The second-order valence-corrected chi connectivity index (χ2v) is 9.48. The fourth-order valence-corrected chi connectivity index (χ4v) is 7.63. The first-order valence-corrected chi connectivity index (χ1v) is 9.83. The Labute approximate surface area is 133 Å². The third-order valence-electron chi connectivity index (χ3n) is 8.19. The first-order chi connectivity index (χ1) is 10.8. The molecule has 6 saturated carbocycles. The van der Waals surface area contributed by atoms with Crippen LogP contribution in [0.15, 0.2) is 0 Å². The lowest BCUT2D eigenvalue weighted by atomic mass is 9.47. The molecule has 0 aromatic carbocycles. The van der Waals surface area contributed by atoms with Gasteiger partial charge in [0.15, 0.2) is 0 Å². The van der Waals surface area contributed by atoms with Crippen LogP contribution in [0.25, 0.3) is 0 Å². The number of hydrogen-bond acceptors (Lipinski definition) is 1. The van der Waals surface area contributed by atoms with Gasteiger partial charge in [-0.15, -0.1) is 0 Å². The minimum atomic E-state index is 0.223. The Kier molecular flexibility index (Phi) is 2.31. The van der Waals surface area contributed by atoms with Crippen molar-refractivity contribution in [2.45, 2.75) is 69.4 Å². The maximum Gasteiger partial charge on any atom is 0.318 e. The second-order valence-electron chi connectivity index (χ2n) is 9.48. The molecule has 1 atom stereocenters. The molecule has 1 saturated heterocycles. The number of carbonyl (C=O) groups is 1. The molecule has 3 nitrogen and oxygen atoms in total. The summed E-state index contributed by atoms with van der Waals surface area (Å²) in [7, 11) is 0. The monoisotopic (exact) mass is 300 g/mol. The minimum absolute atomic E-state index is 0.223. The summed E-state index contributed by atoms with van der Waals surface area (Å²) in [4.78, 5) is 15.1. The average molecular weight is 300 g/mol. The normalized spacial score (nSPS) is 53.2. The SMILES string of the molecule is O=C1NCC(C2CC2)(C2C3CC4CC(C3)CC2C4)N1C1CC1. The van der Waals surface area contributed by atoms with Crippen molar-refractivity contribution in [2.24, 2.45) is 35.5 Å². The van der Waals surface area contributed by atoms with Gasteiger partial charge in [0.25, 0.3) is 0 Å². The molecule has 4 bridgehead atoms. The number of amides is 2. The van der Waals surface area contributed by atoms with E-state index < -0.39 is 0 Å². The zero-order valence-corrected chi connectivity index (χ0v) is 13.5. The molecule has 1 heterocycles. The van der Waals surface area contributed by atoms with E-state index in [2.05, 4.69) is 10.2 Å². The number of urea groups is 1. The van der Waals surface area contributed by atoms with Gasteiger partial charge < -0.3 is 10.2 Å². The lowest BCUT2D eigenvalue weighted by Crippen LogP contribution is -2.63. The molecule has 2 amide bonds. The first-order valence-electron chi connectivity index (χ1n) is 9.83. The highest BCUT2D eigenvalue weighted by Gasteiger charge is 2.66. The van der Waals surface area contributed by atoms with E-state index in [1.165, 1.54) is 57.8 Å². The van der Waals surface area contributed by atoms with Crippen LogP contribution >= 0.6 is 0 Å². The number of nitrogens with one attached hydrogen (secondary N) is 1. The number of nitrogens with zero attached hydrogens (tertiary/aromatic N) is 1. The van der Waals surface area contributed by atoms with Crippen LogP contribution in [0.4, 0.5) is 4.79 Å². The van der Waals surface area contributed by atoms with Crippen LogP contribution < -0.4 is 5.32 Å². The summed E-state index contributed by atoms with van der Waals surface area (Å²) in [6, 6.07) is 0.864. The molecule has 1 N–H and O–H groups in total. The highest BCUT2D eigenvalue weighted by atomic mass is 16.2. The van der Waals surface area contributed by atoms with Crippen molar-refractivity contribution >= 4 is 6.03 Å². The Balaban J connectivity index is 1.44. The van der Waals surface area contributed by atoms with Crippen LogP contribution in [0.2, 0.25) is 0 Å². The van der Waals surface area contributed by atoms with Crippen molar-refractivity contribution in [1.29, 1.82) is 0 Å². The summed E-state index contributed by atoms with van der Waals surface area (Å²) in [5, 5.41) is 3.30. The summed E-state index contributed by atoms with van der Waals surface area (Å²) in [6.45, 7) is 0.972. The Morgan fingerprint density at radius 1 is 0.909 bits per heavy atom. The Morgan fingerprint density at radius 3 is 2.09 bits per heavy atom. The molecule has 120 valence electrons. The van der Waals surface area contributed by atoms with Crippen LogP contribution in [0.1, 0.15) is 57.8 Å². The number of carbonyl (C=O) groups excluding carboxylic acids is 1. The summed E-state index contributed by atoms with van der Waals surface area (Å²) < 4.78 is 0. The molecule has 0 spiro atoms. The first kappa shape index (κ1) is 12.7. The van der Waals surface area contributed by atoms with Gasteiger partial charge in [-0.05, 0) is 93.3 Å². The molecular formula is C19H28N2O. The zero-order valence-electron chi connectivity index (χ0n) is 13.5. The van der Waals surface area contributed by atoms with Gasteiger partial charge in [-0.1, -0.05) is 0 Å². The summed E-state index contributed by atoms with van der Waals surface area (Å²) >= 11 is 0. The molecule has 7 rings (SSSR count). The van der Waals surface area contributed by atoms with Gasteiger partial charge in [-0.3, -0.25) is 0 Å². The maximum atomic E-state index is 12.7. The molecule has 3 heteroatoms. The molecule has 1 aliphatic heterocycles. The Bertz CT molecular complexity index is 496. The number of rotatable bonds is 3. The molecule has 7 aliphatic rings. The molecule has 0 aromatic heterocycles. The van der Waals surface area contributed by atoms with Gasteiger partial charge >= 0.3 is 6.03 Å². The topological polar surface area (TPSA) is 32.3 Å². The lowest BCUT2D eigenvalue weighted by Gasteiger charge is -2.61. The van der Waals surface area contributed by atoms with E-state index in [0.717, 1.165) is 42.1 Å². The van der Waals surface area contributed by atoms with E-state index in [1.54, 1.807) is 0 Å². The van der Waals surface area contributed by atoms with Crippen LogP contribution in [0, 0.1) is 35.5 Å². The van der Waals surface area contributed by atoms with Crippen molar-refractivity contribution in [1.82, 2.24) is 10.2 Å². The third kappa shape index (κ3) is 1.51. The van der Waals surface area contributed by atoms with Crippen LogP contribution in [0.3, 0.4) is 0 Å². The van der Waals surface area contributed by atoms with Crippen molar-refractivity contribution < 1.29 is 4.79 Å². The van der Waals surface area contributed by atoms with Crippen molar-refractivity contribution in [3.63, 3.8) is 0 Å². The predicted molar refractivity (Wildman–Crippen MR) is 84.2 cm³/mol. The van der Waals surface area contributed by atoms with E-state index in [9.17, 15) is 4.79 Å². The smallest absolute Gasteiger partial charge is 0.318 e. The van der Waals surface area contributed by atoms with Crippen LogP contribution in [0.5, 0.6) is 0 Å². The molecule has 7 fully saturated rings. The lowest BCUT2D eigenvalue weighted by molar-refractivity contribution is -0.103. The van der Waals surface area contributed by atoms with E-state index in [1.807, 2.05) is 0 Å². The largest absolute Gasteiger partial charge is 0.336 e. The standard InChI is InChI=1S/C19H28N2O/c22-18-20-10-19(15-1-2-15,21(18)16-3-4-16)17-13-6-11-5-12(8-13)9-14(17)7-11/h11-17H,1-10H2,(H,20,22). The quantitative estimate of drug-likeness (QED) is 0.851. The van der Waals surface area contributed by atoms with Gasteiger partial charge in [-0.25, -0.2) is 4.79 Å². The zero-order chi connectivity index (χ0) is 14.5. The van der Waals surface area contributed by atoms with Gasteiger partial charge in [0.1, 0.15) is 0 Å².